The molecule has 0 amide bonds. The molecule has 1 atom stereocenters. The Hall–Kier alpha value is -1.87. The lowest BCUT2D eigenvalue weighted by Gasteiger charge is -2.21. The van der Waals surface area contributed by atoms with E-state index in [0.29, 0.717) is 5.56 Å². The van der Waals surface area contributed by atoms with Gasteiger partial charge in [0, 0.05) is 5.56 Å². The molecule has 3 heteroatoms. The number of methoxy groups -OCH3 is 1. The maximum Gasteiger partial charge on any atom is 0.170 e. The summed E-state index contributed by atoms with van der Waals surface area (Å²) in [5.41, 5.74) is 4.12. The number of ether oxygens (including phenoxy) is 1. The van der Waals surface area contributed by atoms with Crippen LogP contribution in [0.2, 0.25) is 0 Å². The maximum absolute atomic E-state index is 14.5. The highest BCUT2D eigenvalue weighted by Crippen LogP contribution is 2.30. The zero-order chi connectivity index (χ0) is 15.4. The predicted octanol–water partition coefficient (Wildman–Crippen LogP) is 4.15. The van der Waals surface area contributed by atoms with E-state index in [4.69, 9.17) is 4.74 Å². The van der Waals surface area contributed by atoms with Gasteiger partial charge in [-0.3, -0.25) is 0 Å². The van der Waals surface area contributed by atoms with Gasteiger partial charge in [0.15, 0.2) is 11.6 Å². The van der Waals surface area contributed by atoms with E-state index in [9.17, 15) is 4.39 Å². The SMILES string of the molecule is CCNC(c1ccc(C)c(C)c1)c1cccc(OC)c1F. The number of nitrogens with one attached hydrogen (secondary N) is 1. The van der Waals surface area contributed by atoms with Gasteiger partial charge in [0.1, 0.15) is 0 Å². The molecule has 0 fully saturated rings. The molecular weight excluding hydrogens is 265 g/mol. The lowest BCUT2D eigenvalue weighted by Crippen LogP contribution is -2.23. The van der Waals surface area contributed by atoms with Crippen molar-refractivity contribution >= 4 is 0 Å². The molecule has 2 aromatic carbocycles. The minimum atomic E-state index is -0.302. The molecule has 0 bridgehead atoms. The highest BCUT2D eigenvalue weighted by Gasteiger charge is 2.19. The Bertz CT molecular complexity index is 625. The molecule has 0 aromatic heterocycles. The fraction of sp³-hybridized carbons (Fsp3) is 0.333. The second kappa shape index (κ2) is 6.72. The van der Waals surface area contributed by atoms with E-state index < -0.39 is 0 Å². The van der Waals surface area contributed by atoms with Crippen LogP contribution in [0.3, 0.4) is 0 Å². The average molecular weight is 287 g/mol. The molecule has 0 radical (unpaired) electrons. The third-order valence-corrected chi connectivity index (χ3v) is 3.80. The van der Waals surface area contributed by atoms with Crippen LogP contribution in [0.1, 0.15) is 35.2 Å². The van der Waals surface area contributed by atoms with Crippen molar-refractivity contribution in [3.8, 4) is 5.75 Å². The third kappa shape index (κ3) is 3.24. The Balaban J connectivity index is 2.50. The Morgan fingerprint density at radius 3 is 2.52 bits per heavy atom. The van der Waals surface area contributed by atoms with Gasteiger partial charge < -0.3 is 10.1 Å². The zero-order valence-corrected chi connectivity index (χ0v) is 13.0. The van der Waals surface area contributed by atoms with Crippen molar-refractivity contribution in [3.63, 3.8) is 0 Å². The van der Waals surface area contributed by atoms with Crippen LogP contribution in [0.5, 0.6) is 5.75 Å². The van der Waals surface area contributed by atoms with E-state index in [1.165, 1.54) is 18.2 Å². The zero-order valence-electron chi connectivity index (χ0n) is 13.0. The van der Waals surface area contributed by atoms with Gasteiger partial charge in [0.2, 0.25) is 0 Å². The van der Waals surface area contributed by atoms with Crippen LogP contribution in [0.25, 0.3) is 0 Å². The normalized spacial score (nSPS) is 12.2. The lowest BCUT2D eigenvalue weighted by atomic mass is 9.95. The van der Waals surface area contributed by atoms with Crippen LogP contribution in [0, 0.1) is 19.7 Å². The molecule has 0 heterocycles. The Labute approximate surface area is 126 Å². The van der Waals surface area contributed by atoms with E-state index in [2.05, 4.69) is 37.4 Å². The molecule has 21 heavy (non-hydrogen) atoms. The number of aryl methyl sites for hydroxylation is 2. The maximum atomic E-state index is 14.5. The first-order valence-corrected chi connectivity index (χ1v) is 7.21. The second-order valence-corrected chi connectivity index (χ2v) is 5.20. The van der Waals surface area contributed by atoms with Gasteiger partial charge in [-0.1, -0.05) is 37.3 Å². The molecule has 2 nitrogen and oxygen atoms in total. The van der Waals surface area contributed by atoms with Crippen molar-refractivity contribution in [1.29, 1.82) is 0 Å². The number of benzene rings is 2. The van der Waals surface area contributed by atoms with Crippen molar-refractivity contribution in [1.82, 2.24) is 5.32 Å². The van der Waals surface area contributed by atoms with Crippen molar-refractivity contribution in [3.05, 3.63) is 64.5 Å². The summed E-state index contributed by atoms with van der Waals surface area (Å²) >= 11 is 0. The number of hydrogen-bond acceptors (Lipinski definition) is 2. The quantitative estimate of drug-likeness (QED) is 0.892. The fourth-order valence-electron chi connectivity index (χ4n) is 2.46. The highest BCUT2D eigenvalue weighted by molar-refractivity contribution is 5.41. The molecule has 0 spiro atoms. The molecule has 1 unspecified atom stereocenters. The van der Waals surface area contributed by atoms with Gasteiger partial charge in [-0.15, -0.1) is 0 Å². The van der Waals surface area contributed by atoms with E-state index in [0.717, 1.165) is 12.1 Å². The molecule has 2 rings (SSSR count). The highest BCUT2D eigenvalue weighted by atomic mass is 19.1. The smallest absolute Gasteiger partial charge is 0.170 e. The average Bonchev–Trinajstić information content (AvgIpc) is 2.48. The van der Waals surface area contributed by atoms with Gasteiger partial charge in [-0.05, 0) is 43.1 Å². The van der Waals surface area contributed by atoms with E-state index in [1.807, 2.05) is 13.0 Å². The number of rotatable bonds is 5. The third-order valence-electron chi connectivity index (χ3n) is 3.80. The first-order valence-electron chi connectivity index (χ1n) is 7.21. The predicted molar refractivity (Wildman–Crippen MR) is 84.4 cm³/mol. The van der Waals surface area contributed by atoms with Gasteiger partial charge in [0.05, 0.1) is 13.2 Å². The summed E-state index contributed by atoms with van der Waals surface area (Å²) in [5.74, 6) is -0.0246. The summed E-state index contributed by atoms with van der Waals surface area (Å²) in [6.07, 6.45) is 0. The summed E-state index contributed by atoms with van der Waals surface area (Å²) in [7, 11) is 1.49. The van der Waals surface area contributed by atoms with Crippen LogP contribution in [0.15, 0.2) is 36.4 Å². The second-order valence-electron chi connectivity index (χ2n) is 5.20. The van der Waals surface area contributed by atoms with Crippen LogP contribution in [-0.4, -0.2) is 13.7 Å². The Morgan fingerprint density at radius 2 is 1.90 bits per heavy atom. The first kappa shape index (κ1) is 15.5. The molecule has 112 valence electrons. The topological polar surface area (TPSA) is 21.3 Å². The van der Waals surface area contributed by atoms with E-state index >= 15 is 0 Å². The Morgan fingerprint density at radius 1 is 1.14 bits per heavy atom. The van der Waals surface area contributed by atoms with Gasteiger partial charge >= 0.3 is 0 Å². The van der Waals surface area contributed by atoms with Crippen LogP contribution in [-0.2, 0) is 0 Å². The van der Waals surface area contributed by atoms with Crippen molar-refractivity contribution in [2.45, 2.75) is 26.8 Å². The molecule has 0 aliphatic rings. The van der Waals surface area contributed by atoms with E-state index in [1.54, 1.807) is 12.1 Å². The molecule has 2 aromatic rings. The monoisotopic (exact) mass is 287 g/mol. The molecule has 1 N–H and O–H groups in total. The van der Waals surface area contributed by atoms with Crippen molar-refractivity contribution in [2.75, 3.05) is 13.7 Å². The van der Waals surface area contributed by atoms with Gasteiger partial charge in [0.25, 0.3) is 0 Å². The van der Waals surface area contributed by atoms with Crippen LogP contribution in [0.4, 0.5) is 4.39 Å². The van der Waals surface area contributed by atoms with Crippen molar-refractivity contribution in [2.24, 2.45) is 0 Å². The summed E-state index contributed by atoms with van der Waals surface area (Å²) < 4.78 is 19.6. The Kier molecular flexibility index (Phi) is 4.97. The summed E-state index contributed by atoms with van der Waals surface area (Å²) in [4.78, 5) is 0. The largest absolute Gasteiger partial charge is 0.494 e. The molecule has 0 aliphatic heterocycles. The van der Waals surface area contributed by atoms with Crippen molar-refractivity contribution < 1.29 is 9.13 Å². The summed E-state index contributed by atoms with van der Waals surface area (Å²) in [6.45, 7) is 6.93. The van der Waals surface area contributed by atoms with Crippen LogP contribution < -0.4 is 10.1 Å². The van der Waals surface area contributed by atoms with Crippen LogP contribution >= 0.6 is 0 Å². The van der Waals surface area contributed by atoms with Gasteiger partial charge in [-0.25, -0.2) is 4.39 Å². The summed E-state index contributed by atoms with van der Waals surface area (Å²) in [5, 5.41) is 3.36. The lowest BCUT2D eigenvalue weighted by molar-refractivity contribution is 0.381. The van der Waals surface area contributed by atoms with Gasteiger partial charge in [-0.2, -0.15) is 0 Å². The summed E-state index contributed by atoms with van der Waals surface area (Å²) in [6, 6.07) is 11.3. The minimum absolute atomic E-state index is 0.176. The first-order chi connectivity index (χ1) is 10.1. The molecule has 0 saturated carbocycles. The molecule has 0 aliphatic carbocycles. The standard InChI is InChI=1S/C18H22FNO/c1-5-20-18(14-10-9-12(2)13(3)11-14)15-7-6-8-16(21-4)17(15)19/h6-11,18,20H,5H2,1-4H3. The number of halogens is 1. The minimum Gasteiger partial charge on any atom is -0.494 e. The molecular formula is C18H22FNO. The number of hydrogen-bond donors (Lipinski definition) is 1. The molecule has 0 saturated heterocycles. The fourth-order valence-corrected chi connectivity index (χ4v) is 2.46. The van der Waals surface area contributed by atoms with E-state index in [-0.39, 0.29) is 17.6 Å².